The molecular formula is C18H21ClN2O2. The summed E-state index contributed by atoms with van der Waals surface area (Å²) in [7, 11) is 0. The predicted molar refractivity (Wildman–Crippen MR) is 95.4 cm³/mol. The van der Waals surface area contributed by atoms with Crippen molar-refractivity contribution in [2.45, 2.75) is 27.7 Å². The fourth-order valence-electron chi connectivity index (χ4n) is 2.51. The van der Waals surface area contributed by atoms with Crippen molar-refractivity contribution < 1.29 is 9.53 Å². The Morgan fingerprint density at radius 2 is 1.57 bits per heavy atom. The quantitative estimate of drug-likeness (QED) is 0.826. The average molecular weight is 333 g/mol. The van der Waals surface area contributed by atoms with Gasteiger partial charge < -0.3 is 15.8 Å². The van der Waals surface area contributed by atoms with E-state index in [2.05, 4.69) is 5.32 Å². The van der Waals surface area contributed by atoms with Gasteiger partial charge in [0.15, 0.2) is 6.61 Å². The van der Waals surface area contributed by atoms with Crippen molar-refractivity contribution >= 4 is 28.9 Å². The third-order valence-corrected chi connectivity index (χ3v) is 4.20. The molecule has 0 bridgehead atoms. The summed E-state index contributed by atoms with van der Waals surface area (Å²) in [5.41, 5.74) is 10.9. The van der Waals surface area contributed by atoms with Crippen molar-refractivity contribution in [1.29, 1.82) is 0 Å². The van der Waals surface area contributed by atoms with E-state index < -0.39 is 0 Å². The van der Waals surface area contributed by atoms with Crippen molar-refractivity contribution in [2.24, 2.45) is 0 Å². The standard InChI is InChI=1S/C18H21ClN2O2/c1-10-7-15(8-11(2)17(10)19)23-9-16(22)21-18-12(3)5-14(20)6-13(18)4/h5-8H,9,20H2,1-4H3,(H,21,22). The van der Waals surface area contributed by atoms with Crippen LogP contribution in [0.3, 0.4) is 0 Å². The molecule has 0 unspecified atom stereocenters. The van der Waals surface area contributed by atoms with E-state index in [1.54, 1.807) is 0 Å². The molecule has 3 N–H and O–H groups in total. The molecular weight excluding hydrogens is 312 g/mol. The monoisotopic (exact) mass is 332 g/mol. The first-order valence-corrected chi connectivity index (χ1v) is 7.72. The van der Waals surface area contributed by atoms with Gasteiger partial charge in [0.05, 0.1) is 0 Å². The van der Waals surface area contributed by atoms with Gasteiger partial charge in [0, 0.05) is 16.4 Å². The van der Waals surface area contributed by atoms with E-state index in [0.29, 0.717) is 11.4 Å². The molecule has 0 aliphatic heterocycles. The largest absolute Gasteiger partial charge is 0.484 e. The summed E-state index contributed by atoms with van der Waals surface area (Å²) in [6.45, 7) is 7.56. The lowest BCUT2D eigenvalue weighted by molar-refractivity contribution is -0.118. The first kappa shape index (κ1) is 17.2. The number of aryl methyl sites for hydroxylation is 4. The summed E-state index contributed by atoms with van der Waals surface area (Å²) in [5.74, 6) is 0.413. The van der Waals surface area contributed by atoms with Crippen LogP contribution in [-0.4, -0.2) is 12.5 Å². The molecule has 5 heteroatoms. The number of ether oxygens (including phenoxy) is 1. The molecule has 0 fully saturated rings. The molecule has 0 radical (unpaired) electrons. The third-order valence-electron chi connectivity index (χ3n) is 3.60. The molecule has 122 valence electrons. The van der Waals surface area contributed by atoms with Gasteiger partial charge in [0.2, 0.25) is 0 Å². The van der Waals surface area contributed by atoms with Gasteiger partial charge in [-0.05, 0) is 74.2 Å². The molecule has 23 heavy (non-hydrogen) atoms. The van der Waals surface area contributed by atoms with E-state index in [0.717, 1.165) is 33.0 Å². The molecule has 0 aliphatic rings. The molecule has 0 atom stereocenters. The van der Waals surface area contributed by atoms with Gasteiger partial charge in [0.1, 0.15) is 5.75 Å². The fourth-order valence-corrected chi connectivity index (χ4v) is 2.62. The number of carbonyl (C=O) groups is 1. The lowest BCUT2D eigenvalue weighted by Gasteiger charge is -2.14. The van der Waals surface area contributed by atoms with Crippen LogP contribution in [0.2, 0.25) is 5.02 Å². The molecule has 1 amide bonds. The van der Waals surface area contributed by atoms with Crippen LogP contribution in [0, 0.1) is 27.7 Å². The van der Waals surface area contributed by atoms with Crippen LogP contribution in [0.15, 0.2) is 24.3 Å². The highest BCUT2D eigenvalue weighted by Crippen LogP contribution is 2.26. The molecule has 0 spiro atoms. The highest BCUT2D eigenvalue weighted by molar-refractivity contribution is 6.32. The Morgan fingerprint density at radius 3 is 2.09 bits per heavy atom. The van der Waals surface area contributed by atoms with E-state index >= 15 is 0 Å². The lowest BCUT2D eigenvalue weighted by atomic mass is 10.1. The number of amides is 1. The second-order valence-electron chi connectivity index (χ2n) is 5.74. The first-order chi connectivity index (χ1) is 10.8. The Hall–Kier alpha value is -2.20. The summed E-state index contributed by atoms with van der Waals surface area (Å²) >= 11 is 6.12. The molecule has 0 saturated carbocycles. The number of nitrogens with two attached hydrogens (primary N) is 1. The number of rotatable bonds is 4. The van der Waals surface area contributed by atoms with Gasteiger partial charge in [-0.1, -0.05) is 11.6 Å². The minimum atomic E-state index is -0.216. The number of nitrogen functional groups attached to an aromatic ring is 1. The van der Waals surface area contributed by atoms with Crippen molar-refractivity contribution in [3.8, 4) is 5.75 Å². The van der Waals surface area contributed by atoms with Crippen LogP contribution in [0.25, 0.3) is 0 Å². The third kappa shape index (κ3) is 4.17. The molecule has 0 aliphatic carbocycles. The van der Waals surface area contributed by atoms with Gasteiger partial charge in [-0.25, -0.2) is 0 Å². The Morgan fingerprint density at radius 1 is 1.04 bits per heavy atom. The van der Waals surface area contributed by atoms with Crippen LogP contribution in [0.1, 0.15) is 22.3 Å². The van der Waals surface area contributed by atoms with Crippen LogP contribution < -0.4 is 15.8 Å². The maximum absolute atomic E-state index is 12.1. The van der Waals surface area contributed by atoms with Gasteiger partial charge in [-0.3, -0.25) is 4.79 Å². The minimum absolute atomic E-state index is 0.0657. The smallest absolute Gasteiger partial charge is 0.262 e. The first-order valence-electron chi connectivity index (χ1n) is 7.34. The van der Waals surface area contributed by atoms with Crippen LogP contribution in [-0.2, 0) is 4.79 Å². The molecule has 2 rings (SSSR count). The van der Waals surface area contributed by atoms with E-state index in [-0.39, 0.29) is 12.5 Å². The number of carbonyl (C=O) groups excluding carboxylic acids is 1. The van der Waals surface area contributed by atoms with Crippen molar-refractivity contribution in [3.05, 3.63) is 51.5 Å². The SMILES string of the molecule is Cc1cc(OCC(=O)Nc2c(C)cc(N)cc2C)cc(C)c1Cl. The van der Waals surface area contributed by atoms with Crippen LogP contribution in [0.5, 0.6) is 5.75 Å². The number of hydrogen-bond donors (Lipinski definition) is 2. The zero-order chi connectivity index (χ0) is 17.1. The van der Waals surface area contributed by atoms with E-state index in [1.807, 2.05) is 52.0 Å². The maximum Gasteiger partial charge on any atom is 0.262 e. The Bertz CT molecular complexity index is 711. The normalized spacial score (nSPS) is 10.5. The van der Waals surface area contributed by atoms with Gasteiger partial charge >= 0.3 is 0 Å². The van der Waals surface area contributed by atoms with Crippen molar-refractivity contribution in [3.63, 3.8) is 0 Å². The number of benzene rings is 2. The van der Waals surface area contributed by atoms with Gasteiger partial charge in [-0.2, -0.15) is 0 Å². The van der Waals surface area contributed by atoms with E-state index in [1.165, 1.54) is 0 Å². The number of halogens is 1. The Balaban J connectivity index is 2.04. The van der Waals surface area contributed by atoms with Gasteiger partial charge in [0.25, 0.3) is 5.91 Å². The minimum Gasteiger partial charge on any atom is -0.484 e. The summed E-state index contributed by atoms with van der Waals surface area (Å²) in [6.07, 6.45) is 0. The highest BCUT2D eigenvalue weighted by atomic mass is 35.5. The van der Waals surface area contributed by atoms with Crippen molar-refractivity contribution in [2.75, 3.05) is 17.7 Å². The second kappa shape index (κ2) is 6.92. The zero-order valence-corrected chi connectivity index (χ0v) is 14.5. The molecule has 0 aromatic heterocycles. The number of hydrogen-bond acceptors (Lipinski definition) is 3. The molecule has 4 nitrogen and oxygen atoms in total. The zero-order valence-electron chi connectivity index (χ0n) is 13.8. The summed E-state index contributed by atoms with van der Waals surface area (Å²) in [4.78, 5) is 12.1. The number of nitrogens with one attached hydrogen (secondary N) is 1. The van der Waals surface area contributed by atoms with Crippen molar-refractivity contribution in [1.82, 2.24) is 0 Å². The lowest BCUT2D eigenvalue weighted by Crippen LogP contribution is -2.21. The van der Waals surface area contributed by atoms with Crippen LogP contribution >= 0.6 is 11.6 Å². The maximum atomic E-state index is 12.1. The van der Waals surface area contributed by atoms with Crippen LogP contribution in [0.4, 0.5) is 11.4 Å². The Kier molecular flexibility index (Phi) is 5.16. The second-order valence-corrected chi connectivity index (χ2v) is 6.12. The topological polar surface area (TPSA) is 64.3 Å². The summed E-state index contributed by atoms with van der Waals surface area (Å²) < 4.78 is 5.56. The average Bonchev–Trinajstić information content (AvgIpc) is 2.46. The summed E-state index contributed by atoms with van der Waals surface area (Å²) in [6, 6.07) is 7.30. The van der Waals surface area contributed by atoms with E-state index in [9.17, 15) is 4.79 Å². The summed E-state index contributed by atoms with van der Waals surface area (Å²) in [5, 5.41) is 3.59. The van der Waals surface area contributed by atoms with E-state index in [4.69, 9.17) is 22.1 Å². The Labute approximate surface area is 141 Å². The van der Waals surface area contributed by atoms with Gasteiger partial charge in [-0.15, -0.1) is 0 Å². The molecule has 2 aromatic rings. The number of anilines is 2. The molecule has 2 aromatic carbocycles. The predicted octanol–water partition coefficient (Wildman–Crippen LogP) is 4.17. The highest BCUT2D eigenvalue weighted by Gasteiger charge is 2.10. The molecule has 0 heterocycles. The molecule has 0 saturated heterocycles. The fraction of sp³-hybridized carbons (Fsp3) is 0.278.